The molecule has 2 heterocycles. The third-order valence-corrected chi connectivity index (χ3v) is 6.75. The average molecular weight is 472 g/mol. The van der Waals surface area contributed by atoms with Gasteiger partial charge in [0.15, 0.2) is 0 Å². The van der Waals surface area contributed by atoms with Crippen LogP contribution < -0.4 is 10.3 Å². The smallest absolute Gasteiger partial charge is 0.274 e. The van der Waals surface area contributed by atoms with E-state index >= 15 is 0 Å². The molecule has 6 heteroatoms. The Labute approximate surface area is 204 Å². The first kappa shape index (κ1) is 23.2. The fraction of sp³-hybridized carbons (Fsp3) is 0.310. The Morgan fingerprint density at radius 2 is 1.63 bits per heavy atom. The van der Waals surface area contributed by atoms with Crippen molar-refractivity contribution in [3.05, 3.63) is 106 Å². The van der Waals surface area contributed by atoms with Crippen molar-refractivity contribution in [2.45, 2.75) is 31.7 Å². The topological polar surface area (TPSA) is 47.4 Å². The second-order valence-electron chi connectivity index (χ2n) is 9.13. The van der Waals surface area contributed by atoms with Gasteiger partial charge in [-0.1, -0.05) is 48.5 Å². The summed E-state index contributed by atoms with van der Waals surface area (Å²) in [5.74, 6) is 0.634. The van der Waals surface area contributed by atoms with Gasteiger partial charge in [-0.05, 0) is 61.7 Å². The summed E-state index contributed by atoms with van der Waals surface area (Å²) in [6.45, 7) is 3.39. The predicted molar refractivity (Wildman–Crippen MR) is 136 cm³/mol. The molecule has 1 fully saturated rings. The van der Waals surface area contributed by atoms with Crippen LogP contribution in [0.15, 0.2) is 83.7 Å². The molecule has 1 aromatic heterocycles. The fourth-order valence-corrected chi connectivity index (χ4v) is 4.86. The Balaban J connectivity index is 1.33. The summed E-state index contributed by atoms with van der Waals surface area (Å²) in [6, 6.07) is 24.1. The molecule has 0 aliphatic carbocycles. The molecule has 0 N–H and O–H groups in total. The summed E-state index contributed by atoms with van der Waals surface area (Å²) in [4.78, 5) is 15.8. The monoisotopic (exact) mass is 471 g/mol. The summed E-state index contributed by atoms with van der Waals surface area (Å²) in [7, 11) is 0. The SMILES string of the molecule is O=c1c2ccccc2c(Cc2ccc(F)cc2)nn1C1CCCN(CCOc2ccccc2)CC1. The van der Waals surface area contributed by atoms with Crippen LogP contribution in [0.2, 0.25) is 0 Å². The lowest BCUT2D eigenvalue weighted by Crippen LogP contribution is -2.31. The van der Waals surface area contributed by atoms with Crippen molar-refractivity contribution < 1.29 is 9.13 Å². The van der Waals surface area contributed by atoms with Crippen molar-refractivity contribution in [1.82, 2.24) is 14.7 Å². The molecule has 1 aliphatic heterocycles. The van der Waals surface area contributed by atoms with Gasteiger partial charge < -0.3 is 4.74 Å². The maximum atomic E-state index is 13.4. The van der Waals surface area contributed by atoms with Crippen LogP contribution >= 0.6 is 0 Å². The minimum atomic E-state index is -0.256. The Morgan fingerprint density at radius 1 is 0.886 bits per heavy atom. The largest absolute Gasteiger partial charge is 0.492 e. The molecular weight excluding hydrogens is 441 g/mol. The summed E-state index contributed by atoms with van der Waals surface area (Å²) in [5, 5.41) is 6.44. The van der Waals surface area contributed by atoms with E-state index in [1.165, 1.54) is 12.1 Å². The first-order chi connectivity index (χ1) is 17.2. The van der Waals surface area contributed by atoms with E-state index in [1.807, 2.05) is 54.6 Å². The van der Waals surface area contributed by atoms with Crippen LogP contribution in [0.4, 0.5) is 4.39 Å². The molecule has 4 aromatic rings. The second-order valence-corrected chi connectivity index (χ2v) is 9.13. The fourth-order valence-electron chi connectivity index (χ4n) is 4.86. The summed E-state index contributed by atoms with van der Waals surface area (Å²) >= 11 is 0. The van der Waals surface area contributed by atoms with E-state index in [9.17, 15) is 9.18 Å². The van der Waals surface area contributed by atoms with Crippen LogP contribution in [-0.2, 0) is 6.42 Å². The third-order valence-electron chi connectivity index (χ3n) is 6.75. The summed E-state index contributed by atoms with van der Waals surface area (Å²) in [6.07, 6.45) is 3.34. The third kappa shape index (κ3) is 5.60. The van der Waals surface area contributed by atoms with Gasteiger partial charge in [0, 0.05) is 24.9 Å². The number of ether oxygens (including phenoxy) is 1. The predicted octanol–water partition coefficient (Wildman–Crippen LogP) is 5.23. The van der Waals surface area contributed by atoms with Crippen molar-refractivity contribution in [2.75, 3.05) is 26.2 Å². The molecule has 3 aromatic carbocycles. The molecule has 0 amide bonds. The minimum absolute atomic E-state index is 0.0330. The number of likely N-dealkylation sites (tertiary alicyclic amines) is 1. The van der Waals surface area contributed by atoms with Gasteiger partial charge in [0.05, 0.1) is 17.1 Å². The molecule has 180 valence electrons. The minimum Gasteiger partial charge on any atom is -0.492 e. The van der Waals surface area contributed by atoms with Crippen molar-refractivity contribution in [3.63, 3.8) is 0 Å². The van der Waals surface area contributed by atoms with Gasteiger partial charge in [0.25, 0.3) is 5.56 Å². The number of hydrogen-bond donors (Lipinski definition) is 0. The summed E-state index contributed by atoms with van der Waals surface area (Å²) in [5.41, 5.74) is 1.79. The van der Waals surface area contributed by atoms with E-state index < -0.39 is 0 Å². The Morgan fingerprint density at radius 3 is 2.43 bits per heavy atom. The van der Waals surface area contributed by atoms with Crippen molar-refractivity contribution >= 4 is 10.8 Å². The number of fused-ring (bicyclic) bond motifs is 1. The number of nitrogens with zero attached hydrogens (tertiary/aromatic N) is 3. The maximum Gasteiger partial charge on any atom is 0.274 e. The van der Waals surface area contributed by atoms with Crippen molar-refractivity contribution in [1.29, 1.82) is 0 Å². The molecule has 0 saturated carbocycles. The number of para-hydroxylation sites is 1. The van der Waals surface area contributed by atoms with E-state index in [1.54, 1.807) is 16.8 Å². The van der Waals surface area contributed by atoms with Crippen molar-refractivity contribution in [2.24, 2.45) is 0 Å². The van der Waals surface area contributed by atoms with Gasteiger partial charge in [-0.2, -0.15) is 5.10 Å². The maximum absolute atomic E-state index is 13.4. The van der Waals surface area contributed by atoms with Gasteiger partial charge >= 0.3 is 0 Å². The van der Waals surface area contributed by atoms with E-state index in [0.29, 0.717) is 18.4 Å². The highest BCUT2D eigenvalue weighted by atomic mass is 19.1. The van der Waals surface area contributed by atoms with Crippen molar-refractivity contribution in [3.8, 4) is 5.75 Å². The lowest BCUT2D eigenvalue weighted by atomic mass is 10.0. The lowest BCUT2D eigenvalue weighted by molar-refractivity contribution is 0.211. The van der Waals surface area contributed by atoms with Gasteiger partial charge in [-0.3, -0.25) is 9.69 Å². The number of rotatable bonds is 7. The first-order valence-corrected chi connectivity index (χ1v) is 12.3. The highest BCUT2D eigenvalue weighted by Crippen LogP contribution is 2.24. The Hall–Kier alpha value is -3.51. The van der Waals surface area contributed by atoms with Crippen LogP contribution in [0.3, 0.4) is 0 Å². The molecule has 1 unspecified atom stereocenters. The lowest BCUT2D eigenvalue weighted by Gasteiger charge is -2.21. The van der Waals surface area contributed by atoms with E-state index in [4.69, 9.17) is 9.84 Å². The molecule has 1 aliphatic rings. The normalized spacial score (nSPS) is 16.8. The van der Waals surface area contributed by atoms with Crippen LogP contribution in [-0.4, -0.2) is 40.9 Å². The standard InChI is InChI=1S/C29H30FN3O2/c30-23-14-12-22(13-15-23)21-28-26-10-4-5-11-27(26)29(34)33(31-28)24-7-6-17-32(18-16-24)19-20-35-25-8-2-1-3-9-25/h1-5,8-15,24H,6-7,16-21H2. The molecule has 0 radical (unpaired) electrons. The van der Waals surface area contributed by atoms with Crippen LogP contribution in [0.5, 0.6) is 5.75 Å². The Bertz CT molecular complexity index is 1320. The molecule has 1 saturated heterocycles. The molecule has 5 rings (SSSR count). The van der Waals surface area contributed by atoms with Gasteiger partial charge in [-0.25, -0.2) is 9.07 Å². The van der Waals surface area contributed by atoms with E-state index in [2.05, 4.69) is 4.90 Å². The molecule has 35 heavy (non-hydrogen) atoms. The molecular formula is C29H30FN3O2. The van der Waals surface area contributed by atoms with Gasteiger partial charge in [-0.15, -0.1) is 0 Å². The molecule has 1 atom stereocenters. The molecule has 5 nitrogen and oxygen atoms in total. The Kier molecular flexibility index (Phi) is 7.19. The molecule has 0 bridgehead atoms. The van der Waals surface area contributed by atoms with Gasteiger partial charge in [0.1, 0.15) is 18.2 Å². The quantitative estimate of drug-likeness (QED) is 0.370. The number of benzene rings is 3. The number of halogens is 1. The van der Waals surface area contributed by atoms with Crippen LogP contribution in [0.25, 0.3) is 10.8 Å². The van der Waals surface area contributed by atoms with E-state index in [-0.39, 0.29) is 17.4 Å². The van der Waals surface area contributed by atoms with Crippen LogP contribution in [0.1, 0.15) is 36.6 Å². The highest BCUT2D eigenvalue weighted by Gasteiger charge is 2.22. The second kappa shape index (κ2) is 10.8. The first-order valence-electron chi connectivity index (χ1n) is 12.3. The number of aromatic nitrogens is 2. The zero-order valence-corrected chi connectivity index (χ0v) is 19.8. The summed E-state index contributed by atoms with van der Waals surface area (Å²) < 4.78 is 21.0. The zero-order valence-electron chi connectivity index (χ0n) is 19.8. The highest BCUT2D eigenvalue weighted by molar-refractivity contribution is 5.83. The zero-order chi connectivity index (χ0) is 24.0. The van der Waals surface area contributed by atoms with Crippen LogP contribution in [0, 0.1) is 5.82 Å². The number of hydrogen-bond acceptors (Lipinski definition) is 4. The van der Waals surface area contributed by atoms with E-state index in [0.717, 1.165) is 61.3 Å². The average Bonchev–Trinajstić information content (AvgIpc) is 3.13. The molecule has 0 spiro atoms. The van der Waals surface area contributed by atoms with Gasteiger partial charge in [0.2, 0.25) is 0 Å².